The number of aliphatic hydroxyl groups excluding tert-OH is 1. The molecule has 3 aromatic carbocycles. The van der Waals surface area contributed by atoms with Gasteiger partial charge in [-0.25, -0.2) is 4.79 Å². The van der Waals surface area contributed by atoms with Crippen LogP contribution in [0.2, 0.25) is 5.02 Å². The Morgan fingerprint density at radius 3 is 2.31 bits per heavy atom. The molecule has 0 aliphatic heterocycles. The van der Waals surface area contributed by atoms with E-state index >= 15 is 0 Å². The highest BCUT2D eigenvalue weighted by atomic mass is 35.5. The highest BCUT2D eigenvalue weighted by Gasteiger charge is 2.17. The minimum absolute atomic E-state index is 0.157. The van der Waals surface area contributed by atoms with Gasteiger partial charge < -0.3 is 9.84 Å². The number of carbonyl (C=O) groups is 1. The molecule has 0 radical (unpaired) electrons. The molecule has 0 saturated heterocycles. The van der Waals surface area contributed by atoms with Gasteiger partial charge in [0.05, 0.1) is 0 Å². The molecule has 0 aromatic heterocycles. The second kappa shape index (κ2) is 8.65. The minimum atomic E-state index is -1.18. The van der Waals surface area contributed by atoms with Crippen molar-refractivity contribution >= 4 is 17.6 Å². The van der Waals surface area contributed by atoms with Crippen molar-refractivity contribution in [2.45, 2.75) is 19.1 Å². The molecule has 0 bridgehead atoms. The molecule has 3 rings (SSSR count). The summed E-state index contributed by atoms with van der Waals surface area (Å²) in [6.45, 7) is 0.157. The third kappa shape index (κ3) is 4.94. The van der Waals surface area contributed by atoms with E-state index in [-0.39, 0.29) is 13.0 Å². The third-order valence-electron chi connectivity index (χ3n) is 4.04. The third-order valence-corrected chi connectivity index (χ3v) is 4.27. The zero-order valence-corrected chi connectivity index (χ0v) is 14.9. The highest BCUT2D eigenvalue weighted by Crippen LogP contribution is 2.23. The number of ether oxygens (including phenoxy) is 1. The van der Waals surface area contributed by atoms with Crippen LogP contribution in [0, 0.1) is 0 Å². The van der Waals surface area contributed by atoms with Crippen molar-refractivity contribution in [2.75, 3.05) is 0 Å². The van der Waals surface area contributed by atoms with Gasteiger partial charge in [-0.15, -0.1) is 0 Å². The Balaban J connectivity index is 1.57. The molecule has 0 heterocycles. The summed E-state index contributed by atoms with van der Waals surface area (Å²) in [5, 5.41) is 10.8. The molecule has 26 heavy (non-hydrogen) atoms. The summed E-state index contributed by atoms with van der Waals surface area (Å²) in [4.78, 5) is 12.0. The lowest BCUT2D eigenvalue weighted by molar-refractivity contribution is -0.154. The van der Waals surface area contributed by atoms with Gasteiger partial charge in [0.2, 0.25) is 0 Å². The lowest BCUT2D eigenvalue weighted by Crippen LogP contribution is -2.25. The first-order valence-electron chi connectivity index (χ1n) is 8.35. The summed E-state index contributed by atoms with van der Waals surface area (Å²) in [5.41, 5.74) is 3.79. The van der Waals surface area contributed by atoms with E-state index in [0.29, 0.717) is 5.02 Å². The molecule has 1 N–H and O–H groups in total. The Labute approximate surface area is 157 Å². The Kier molecular flexibility index (Phi) is 6.05. The van der Waals surface area contributed by atoms with Gasteiger partial charge in [-0.1, -0.05) is 78.3 Å². The van der Waals surface area contributed by atoms with Crippen molar-refractivity contribution in [3.8, 4) is 11.1 Å². The number of rotatable bonds is 6. The van der Waals surface area contributed by atoms with Gasteiger partial charge >= 0.3 is 5.97 Å². The SMILES string of the molecule is O=C(OCc1ccccc1)[C@@H](O)Cc1ccc(-c2cccc(Cl)c2)cc1. The quantitative estimate of drug-likeness (QED) is 0.646. The molecule has 0 unspecified atom stereocenters. The summed E-state index contributed by atoms with van der Waals surface area (Å²) >= 11 is 6.02. The molecule has 3 aromatic rings. The van der Waals surface area contributed by atoms with Crippen LogP contribution in [0.25, 0.3) is 11.1 Å². The summed E-state index contributed by atoms with van der Waals surface area (Å²) in [6.07, 6.45) is -0.973. The lowest BCUT2D eigenvalue weighted by Gasteiger charge is -2.11. The van der Waals surface area contributed by atoms with Gasteiger partial charge in [0, 0.05) is 11.4 Å². The molecule has 0 aliphatic carbocycles. The minimum Gasteiger partial charge on any atom is -0.459 e. The van der Waals surface area contributed by atoms with Crippen molar-refractivity contribution in [3.05, 3.63) is 95.0 Å². The summed E-state index contributed by atoms with van der Waals surface area (Å²) in [6, 6.07) is 24.7. The van der Waals surface area contributed by atoms with E-state index in [2.05, 4.69) is 0 Å². The zero-order valence-electron chi connectivity index (χ0n) is 14.1. The maximum atomic E-state index is 12.0. The predicted octanol–water partition coefficient (Wildman–Crippen LogP) is 4.65. The number of carbonyl (C=O) groups excluding carboxylic acids is 1. The summed E-state index contributed by atoms with van der Waals surface area (Å²) in [7, 11) is 0. The molecule has 4 heteroatoms. The first-order chi connectivity index (χ1) is 12.6. The van der Waals surface area contributed by atoms with Gasteiger partial charge in [-0.05, 0) is 34.4 Å². The topological polar surface area (TPSA) is 46.5 Å². The normalized spacial score (nSPS) is 11.8. The van der Waals surface area contributed by atoms with E-state index in [4.69, 9.17) is 16.3 Å². The molecule has 1 atom stereocenters. The molecule has 3 nitrogen and oxygen atoms in total. The van der Waals surface area contributed by atoms with E-state index in [0.717, 1.165) is 22.3 Å². The molecular formula is C22H19ClO3. The summed E-state index contributed by atoms with van der Waals surface area (Å²) in [5.74, 6) is -0.618. The monoisotopic (exact) mass is 366 g/mol. The Hall–Kier alpha value is -2.62. The van der Waals surface area contributed by atoms with Gasteiger partial charge in [0.25, 0.3) is 0 Å². The highest BCUT2D eigenvalue weighted by molar-refractivity contribution is 6.30. The molecular weight excluding hydrogens is 348 g/mol. The molecule has 0 spiro atoms. The fraction of sp³-hybridized carbons (Fsp3) is 0.136. The van der Waals surface area contributed by atoms with Crippen LogP contribution in [-0.2, 0) is 22.6 Å². The number of esters is 1. The molecule has 0 aliphatic rings. The molecule has 0 fully saturated rings. The fourth-order valence-electron chi connectivity index (χ4n) is 2.63. The van der Waals surface area contributed by atoms with Crippen LogP contribution in [0.4, 0.5) is 0 Å². The molecule has 132 valence electrons. The first-order valence-corrected chi connectivity index (χ1v) is 8.73. The van der Waals surface area contributed by atoms with Crippen molar-refractivity contribution in [3.63, 3.8) is 0 Å². The number of benzene rings is 3. The second-order valence-electron chi connectivity index (χ2n) is 6.02. The Morgan fingerprint density at radius 1 is 0.885 bits per heavy atom. The fourth-order valence-corrected chi connectivity index (χ4v) is 2.82. The van der Waals surface area contributed by atoms with Gasteiger partial charge in [0.1, 0.15) is 6.61 Å². The van der Waals surface area contributed by atoms with Crippen LogP contribution >= 0.6 is 11.6 Å². The average Bonchev–Trinajstić information content (AvgIpc) is 2.67. The molecule has 0 amide bonds. The maximum Gasteiger partial charge on any atom is 0.335 e. The maximum absolute atomic E-state index is 12.0. The van der Waals surface area contributed by atoms with Crippen molar-refractivity contribution in [2.24, 2.45) is 0 Å². The van der Waals surface area contributed by atoms with Crippen molar-refractivity contribution in [1.82, 2.24) is 0 Å². The Bertz CT molecular complexity index is 860. The Morgan fingerprint density at radius 2 is 1.62 bits per heavy atom. The van der Waals surface area contributed by atoms with Crippen LogP contribution in [0.5, 0.6) is 0 Å². The van der Waals surface area contributed by atoms with Crippen LogP contribution in [0.1, 0.15) is 11.1 Å². The van der Waals surface area contributed by atoms with Crippen LogP contribution in [0.15, 0.2) is 78.9 Å². The smallest absolute Gasteiger partial charge is 0.335 e. The standard InChI is InChI=1S/C22H19ClO3/c23-20-8-4-7-19(14-20)18-11-9-16(10-12-18)13-21(24)22(25)26-15-17-5-2-1-3-6-17/h1-12,14,21,24H,13,15H2/t21-/m0/s1. The second-order valence-corrected chi connectivity index (χ2v) is 6.46. The van der Waals surface area contributed by atoms with Crippen LogP contribution < -0.4 is 0 Å². The number of aliphatic hydroxyl groups is 1. The predicted molar refractivity (Wildman–Crippen MR) is 103 cm³/mol. The van der Waals surface area contributed by atoms with E-state index in [1.807, 2.05) is 78.9 Å². The molecule has 0 saturated carbocycles. The van der Waals surface area contributed by atoms with Gasteiger partial charge in [-0.2, -0.15) is 0 Å². The number of halogens is 1. The zero-order chi connectivity index (χ0) is 18.4. The number of hydrogen-bond acceptors (Lipinski definition) is 3. The van der Waals surface area contributed by atoms with E-state index in [1.165, 1.54) is 0 Å². The van der Waals surface area contributed by atoms with Gasteiger partial charge in [0.15, 0.2) is 6.10 Å². The van der Waals surface area contributed by atoms with E-state index in [9.17, 15) is 9.90 Å². The van der Waals surface area contributed by atoms with E-state index < -0.39 is 12.1 Å². The van der Waals surface area contributed by atoms with Crippen LogP contribution in [-0.4, -0.2) is 17.2 Å². The van der Waals surface area contributed by atoms with Crippen molar-refractivity contribution < 1.29 is 14.6 Å². The first kappa shape index (κ1) is 18.2. The van der Waals surface area contributed by atoms with Crippen LogP contribution in [0.3, 0.4) is 0 Å². The summed E-state index contributed by atoms with van der Waals surface area (Å²) < 4.78 is 5.16. The largest absolute Gasteiger partial charge is 0.459 e. The lowest BCUT2D eigenvalue weighted by atomic mass is 10.0. The number of hydrogen-bond donors (Lipinski definition) is 1. The van der Waals surface area contributed by atoms with E-state index in [1.54, 1.807) is 0 Å². The van der Waals surface area contributed by atoms with Crippen molar-refractivity contribution in [1.29, 1.82) is 0 Å². The average molecular weight is 367 g/mol. The van der Waals surface area contributed by atoms with Gasteiger partial charge in [-0.3, -0.25) is 0 Å².